The van der Waals surface area contributed by atoms with Gasteiger partial charge in [-0.3, -0.25) is 25.8 Å². The number of rotatable bonds is 3. The van der Waals surface area contributed by atoms with Crippen molar-refractivity contribution in [2.75, 3.05) is 0 Å². The van der Waals surface area contributed by atoms with Crippen LogP contribution in [0.1, 0.15) is 21.7 Å². The molecular weight excluding hydrogens is 314 g/mol. The van der Waals surface area contributed by atoms with Crippen molar-refractivity contribution in [3.05, 3.63) is 65.6 Å². The number of thiocarbonyl (C=S) groups is 1. The van der Waals surface area contributed by atoms with Crippen molar-refractivity contribution < 1.29 is 14.0 Å². The summed E-state index contributed by atoms with van der Waals surface area (Å²) in [5.74, 6) is -0.321. The summed E-state index contributed by atoms with van der Waals surface area (Å²) < 4.78 is 5.03. The Morgan fingerprint density at radius 3 is 2.52 bits per heavy atom. The second-order valence-electron chi connectivity index (χ2n) is 4.53. The summed E-state index contributed by atoms with van der Waals surface area (Å²) >= 11 is 4.93. The normalized spacial score (nSPS) is 10.3. The van der Waals surface area contributed by atoms with Crippen molar-refractivity contribution in [3.63, 3.8) is 0 Å². The van der Waals surface area contributed by atoms with Gasteiger partial charge in [-0.15, -0.1) is 0 Å². The highest BCUT2D eigenvalue weighted by Gasteiger charge is 2.11. The van der Waals surface area contributed by atoms with Gasteiger partial charge in [0, 0.05) is 6.08 Å². The van der Waals surface area contributed by atoms with E-state index >= 15 is 0 Å². The number of nitrogens with one attached hydrogen (secondary N) is 3. The van der Waals surface area contributed by atoms with Gasteiger partial charge in [0.05, 0.1) is 11.8 Å². The molecule has 118 valence electrons. The van der Waals surface area contributed by atoms with E-state index < -0.39 is 11.8 Å². The van der Waals surface area contributed by atoms with Crippen molar-refractivity contribution >= 4 is 35.2 Å². The van der Waals surface area contributed by atoms with E-state index in [9.17, 15) is 9.59 Å². The summed E-state index contributed by atoms with van der Waals surface area (Å²) in [6, 6.07) is 10.9. The predicted molar refractivity (Wildman–Crippen MR) is 90.3 cm³/mol. The molecule has 0 saturated carbocycles. The molecule has 0 unspecified atom stereocenters. The minimum atomic E-state index is -0.410. The Balaban J connectivity index is 1.78. The third kappa shape index (κ3) is 5.08. The van der Waals surface area contributed by atoms with Gasteiger partial charge in [-0.1, -0.05) is 30.3 Å². The Bertz CT molecular complexity index is 738. The van der Waals surface area contributed by atoms with Crippen LogP contribution >= 0.6 is 12.2 Å². The number of carbonyl (C=O) groups excluding carboxylic acids is 2. The number of furan rings is 1. The van der Waals surface area contributed by atoms with Crippen LogP contribution in [0.2, 0.25) is 0 Å². The molecule has 1 aromatic heterocycles. The fraction of sp³-hybridized carbons (Fsp3) is 0.0625. The molecule has 7 heteroatoms. The van der Waals surface area contributed by atoms with Crippen molar-refractivity contribution in [1.29, 1.82) is 0 Å². The minimum absolute atomic E-state index is 0.0118. The molecule has 3 N–H and O–H groups in total. The molecule has 0 spiro atoms. The Morgan fingerprint density at radius 1 is 1.13 bits per heavy atom. The van der Waals surface area contributed by atoms with E-state index in [1.54, 1.807) is 13.0 Å². The third-order valence-electron chi connectivity index (χ3n) is 2.86. The first-order valence-electron chi connectivity index (χ1n) is 6.75. The lowest BCUT2D eigenvalue weighted by atomic mass is 10.2. The fourth-order valence-corrected chi connectivity index (χ4v) is 1.87. The molecule has 0 bridgehead atoms. The van der Waals surface area contributed by atoms with Gasteiger partial charge < -0.3 is 4.42 Å². The Kier molecular flexibility index (Phi) is 5.65. The first-order chi connectivity index (χ1) is 11.1. The lowest BCUT2D eigenvalue weighted by Crippen LogP contribution is -2.48. The van der Waals surface area contributed by atoms with E-state index in [-0.39, 0.29) is 5.11 Å². The Morgan fingerprint density at radius 2 is 1.87 bits per heavy atom. The molecule has 0 atom stereocenters. The number of benzene rings is 1. The topological polar surface area (TPSA) is 83.4 Å². The maximum atomic E-state index is 11.8. The Hall–Kier alpha value is -2.93. The van der Waals surface area contributed by atoms with Crippen LogP contribution in [-0.4, -0.2) is 16.9 Å². The largest absolute Gasteiger partial charge is 0.469 e. The first kappa shape index (κ1) is 16.4. The van der Waals surface area contributed by atoms with Crippen LogP contribution in [0, 0.1) is 6.92 Å². The van der Waals surface area contributed by atoms with Gasteiger partial charge in [0.1, 0.15) is 5.76 Å². The molecule has 0 saturated heterocycles. The summed E-state index contributed by atoms with van der Waals surface area (Å²) in [6.07, 6.45) is 4.43. The lowest BCUT2D eigenvalue weighted by Gasteiger charge is -2.09. The van der Waals surface area contributed by atoms with Crippen molar-refractivity contribution in [2.24, 2.45) is 0 Å². The monoisotopic (exact) mass is 329 g/mol. The van der Waals surface area contributed by atoms with Crippen molar-refractivity contribution in [1.82, 2.24) is 16.2 Å². The SMILES string of the molecule is Cc1occc1C(=O)NNC(=S)NC(=O)C=Cc1ccccc1. The van der Waals surface area contributed by atoms with Crippen LogP contribution in [0.4, 0.5) is 0 Å². The van der Waals surface area contributed by atoms with Crippen LogP contribution in [0.25, 0.3) is 6.08 Å². The number of carbonyl (C=O) groups is 2. The summed E-state index contributed by atoms with van der Waals surface area (Å²) in [6.45, 7) is 1.67. The minimum Gasteiger partial charge on any atom is -0.469 e. The smallest absolute Gasteiger partial charge is 0.273 e. The summed E-state index contributed by atoms with van der Waals surface area (Å²) in [5, 5.41) is 2.41. The molecule has 2 rings (SSSR count). The number of amides is 2. The van der Waals surface area contributed by atoms with E-state index in [4.69, 9.17) is 16.6 Å². The zero-order valence-electron chi connectivity index (χ0n) is 12.3. The Labute approximate surface area is 138 Å². The molecule has 0 aliphatic rings. The van der Waals surface area contributed by atoms with Gasteiger partial charge >= 0.3 is 0 Å². The van der Waals surface area contributed by atoms with Crippen molar-refractivity contribution in [2.45, 2.75) is 6.92 Å². The van der Waals surface area contributed by atoms with Crippen LogP contribution in [0.3, 0.4) is 0 Å². The second kappa shape index (κ2) is 7.90. The van der Waals surface area contributed by atoms with Gasteiger partial charge in [0.2, 0.25) is 5.91 Å². The first-order valence-corrected chi connectivity index (χ1v) is 7.15. The molecule has 2 aromatic rings. The zero-order chi connectivity index (χ0) is 16.7. The summed E-state index contributed by atoms with van der Waals surface area (Å²) in [7, 11) is 0. The number of hydrazine groups is 1. The van der Waals surface area contributed by atoms with Crippen LogP contribution in [0.5, 0.6) is 0 Å². The fourth-order valence-electron chi connectivity index (χ4n) is 1.72. The summed E-state index contributed by atoms with van der Waals surface area (Å²) in [5.41, 5.74) is 6.11. The standard InChI is InChI=1S/C16H15N3O3S/c1-11-13(9-10-22-11)15(21)18-19-16(23)17-14(20)8-7-12-5-3-2-4-6-12/h2-10H,1H3,(H,18,21)(H2,17,19,20,23). The summed E-state index contributed by atoms with van der Waals surface area (Å²) in [4.78, 5) is 23.5. The molecule has 0 aliphatic heterocycles. The molecule has 0 aliphatic carbocycles. The average Bonchev–Trinajstić information content (AvgIpc) is 2.98. The highest BCUT2D eigenvalue weighted by Crippen LogP contribution is 2.07. The molecule has 1 heterocycles. The molecule has 6 nitrogen and oxygen atoms in total. The number of hydrogen-bond acceptors (Lipinski definition) is 4. The quantitative estimate of drug-likeness (QED) is 0.455. The maximum absolute atomic E-state index is 11.8. The van der Waals surface area contributed by atoms with Crippen molar-refractivity contribution in [3.8, 4) is 0 Å². The van der Waals surface area contributed by atoms with Crippen LogP contribution in [0.15, 0.2) is 53.2 Å². The van der Waals surface area contributed by atoms with E-state index in [0.717, 1.165) is 5.56 Å². The van der Waals surface area contributed by atoms with Crippen LogP contribution in [-0.2, 0) is 4.79 Å². The zero-order valence-corrected chi connectivity index (χ0v) is 13.1. The third-order valence-corrected chi connectivity index (χ3v) is 3.06. The van der Waals surface area contributed by atoms with Gasteiger partial charge in [-0.05, 0) is 36.8 Å². The average molecular weight is 329 g/mol. The predicted octanol–water partition coefficient (Wildman–Crippen LogP) is 1.94. The molecule has 2 amide bonds. The lowest BCUT2D eigenvalue weighted by molar-refractivity contribution is -0.115. The molecule has 0 radical (unpaired) electrons. The molecular formula is C16H15N3O3S. The maximum Gasteiger partial charge on any atom is 0.273 e. The van der Waals surface area contributed by atoms with E-state index in [0.29, 0.717) is 11.3 Å². The van der Waals surface area contributed by atoms with Gasteiger partial charge in [0.25, 0.3) is 5.91 Å². The molecule has 1 aromatic carbocycles. The van der Waals surface area contributed by atoms with E-state index in [2.05, 4.69) is 16.2 Å². The van der Waals surface area contributed by atoms with E-state index in [1.807, 2.05) is 30.3 Å². The number of hydrogen-bond donors (Lipinski definition) is 3. The second-order valence-corrected chi connectivity index (χ2v) is 4.94. The highest BCUT2D eigenvalue weighted by molar-refractivity contribution is 7.80. The van der Waals surface area contributed by atoms with Crippen LogP contribution < -0.4 is 16.2 Å². The highest BCUT2D eigenvalue weighted by atomic mass is 32.1. The molecule has 23 heavy (non-hydrogen) atoms. The molecule has 0 fully saturated rings. The van der Waals surface area contributed by atoms with Gasteiger partial charge in [-0.25, -0.2) is 0 Å². The van der Waals surface area contributed by atoms with Gasteiger partial charge in [-0.2, -0.15) is 0 Å². The number of aryl methyl sites for hydroxylation is 1. The van der Waals surface area contributed by atoms with Gasteiger partial charge in [0.15, 0.2) is 5.11 Å². The van der Waals surface area contributed by atoms with E-state index in [1.165, 1.54) is 18.4 Å².